The van der Waals surface area contributed by atoms with Crippen LogP contribution in [0, 0.1) is 29.1 Å². The smallest absolute Gasteiger partial charge is 0.254 e. The summed E-state index contributed by atoms with van der Waals surface area (Å²) < 4.78 is 68.4. The lowest BCUT2D eigenvalue weighted by atomic mass is 10.1. The molecule has 0 aromatic heterocycles. The highest BCUT2D eigenvalue weighted by atomic mass is 79.9. The first-order valence-corrected chi connectivity index (χ1v) is 8.41. The summed E-state index contributed by atoms with van der Waals surface area (Å²) >= 11 is 3.27. The van der Waals surface area contributed by atoms with Crippen LogP contribution in [-0.2, 0) is 0 Å². The summed E-state index contributed by atoms with van der Waals surface area (Å²) in [5, 5.41) is 0. The molecule has 1 fully saturated rings. The molecule has 138 valence electrons. The van der Waals surface area contributed by atoms with Gasteiger partial charge in [-0.25, -0.2) is 22.0 Å². The predicted molar refractivity (Wildman–Crippen MR) is 88.5 cm³/mol. The molecule has 1 aliphatic rings. The maximum Gasteiger partial charge on any atom is 0.254 e. The number of carbonyl (C=O) groups excluding carboxylic acids is 1. The number of benzene rings is 2. The highest BCUT2D eigenvalue weighted by Crippen LogP contribution is 2.31. The zero-order valence-electron chi connectivity index (χ0n) is 13.2. The third-order valence-electron chi connectivity index (χ3n) is 4.14. The van der Waals surface area contributed by atoms with Crippen molar-refractivity contribution < 1.29 is 26.7 Å². The molecule has 0 N–H and O–H groups in total. The van der Waals surface area contributed by atoms with Gasteiger partial charge in [0.15, 0.2) is 23.3 Å². The van der Waals surface area contributed by atoms with Gasteiger partial charge in [0.25, 0.3) is 5.91 Å². The van der Waals surface area contributed by atoms with E-state index in [-0.39, 0.29) is 32.1 Å². The average Bonchev–Trinajstić information content (AvgIpc) is 2.65. The number of halogens is 6. The molecule has 0 radical (unpaired) electrons. The van der Waals surface area contributed by atoms with E-state index in [1.54, 1.807) is 24.3 Å². The molecule has 0 spiro atoms. The lowest BCUT2D eigenvalue weighted by Gasteiger charge is -2.36. The largest absolute Gasteiger partial charge is 0.363 e. The van der Waals surface area contributed by atoms with E-state index in [1.807, 2.05) is 0 Å². The average molecular weight is 435 g/mol. The minimum Gasteiger partial charge on any atom is -0.363 e. The molecular weight excluding hydrogens is 423 g/mol. The fraction of sp³-hybridized carbons (Fsp3) is 0.235. The van der Waals surface area contributed by atoms with E-state index in [4.69, 9.17) is 0 Å². The summed E-state index contributed by atoms with van der Waals surface area (Å²) in [4.78, 5) is 15.0. The van der Waals surface area contributed by atoms with E-state index in [0.29, 0.717) is 5.56 Å². The molecule has 2 aromatic carbocycles. The topological polar surface area (TPSA) is 23.6 Å². The van der Waals surface area contributed by atoms with Crippen LogP contribution in [0.25, 0.3) is 0 Å². The molecule has 9 heteroatoms. The molecule has 26 heavy (non-hydrogen) atoms. The van der Waals surface area contributed by atoms with Crippen LogP contribution in [0.1, 0.15) is 10.4 Å². The Kier molecular flexibility index (Phi) is 5.17. The van der Waals surface area contributed by atoms with Gasteiger partial charge in [0, 0.05) is 36.2 Å². The van der Waals surface area contributed by atoms with Crippen molar-refractivity contribution in [2.45, 2.75) is 0 Å². The minimum absolute atomic E-state index is 0.0574. The lowest BCUT2D eigenvalue weighted by molar-refractivity contribution is 0.0746. The summed E-state index contributed by atoms with van der Waals surface area (Å²) in [5.74, 6) is -10.2. The van der Waals surface area contributed by atoms with Gasteiger partial charge in [-0.3, -0.25) is 4.79 Å². The zero-order valence-corrected chi connectivity index (χ0v) is 14.8. The van der Waals surface area contributed by atoms with Crippen LogP contribution >= 0.6 is 15.9 Å². The maximum atomic E-state index is 13.9. The molecule has 2 aromatic rings. The molecule has 0 aliphatic carbocycles. The Labute approximate surface area is 154 Å². The number of anilines is 1. The Morgan fingerprint density at radius 3 is 1.92 bits per heavy atom. The molecule has 0 unspecified atom stereocenters. The van der Waals surface area contributed by atoms with Crippen LogP contribution in [0.3, 0.4) is 0 Å². The van der Waals surface area contributed by atoms with Gasteiger partial charge >= 0.3 is 0 Å². The van der Waals surface area contributed by atoms with Crippen molar-refractivity contribution in [3.8, 4) is 0 Å². The van der Waals surface area contributed by atoms with Gasteiger partial charge in [0.2, 0.25) is 5.82 Å². The first kappa shape index (κ1) is 18.6. The van der Waals surface area contributed by atoms with Crippen LogP contribution in [0.2, 0.25) is 0 Å². The number of piperazine rings is 1. The van der Waals surface area contributed by atoms with Gasteiger partial charge in [-0.15, -0.1) is 0 Å². The molecule has 0 bridgehead atoms. The normalized spacial score (nSPS) is 14.7. The van der Waals surface area contributed by atoms with Crippen LogP contribution in [-0.4, -0.2) is 37.0 Å². The maximum absolute atomic E-state index is 13.9. The molecule has 1 saturated heterocycles. The van der Waals surface area contributed by atoms with Crippen LogP contribution in [0.5, 0.6) is 0 Å². The molecule has 0 atom stereocenters. The number of carbonyl (C=O) groups is 1. The van der Waals surface area contributed by atoms with Crippen molar-refractivity contribution in [1.82, 2.24) is 4.90 Å². The van der Waals surface area contributed by atoms with E-state index in [1.165, 1.54) is 4.90 Å². The third-order valence-corrected chi connectivity index (χ3v) is 4.63. The number of rotatable bonds is 2. The van der Waals surface area contributed by atoms with Crippen LogP contribution in [0.4, 0.5) is 27.6 Å². The quantitative estimate of drug-likeness (QED) is 0.403. The second kappa shape index (κ2) is 7.22. The van der Waals surface area contributed by atoms with Crippen molar-refractivity contribution in [2.24, 2.45) is 0 Å². The van der Waals surface area contributed by atoms with Gasteiger partial charge < -0.3 is 9.80 Å². The SMILES string of the molecule is O=C(c1cccc(Br)c1)N1CCN(c2c(F)c(F)c(F)c(F)c2F)CC1. The van der Waals surface area contributed by atoms with E-state index in [9.17, 15) is 26.7 Å². The van der Waals surface area contributed by atoms with Crippen molar-refractivity contribution in [2.75, 3.05) is 31.1 Å². The monoisotopic (exact) mass is 434 g/mol. The van der Waals surface area contributed by atoms with E-state index in [2.05, 4.69) is 15.9 Å². The number of hydrogen-bond donors (Lipinski definition) is 0. The van der Waals surface area contributed by atoms with Gasteiger partial charge in [-0.05, 0) is 18.2 Å². The fourth-order valence-electron chi connectivity index (χ4n) is 2.81. The van der Waals surface area contributed by atoms with Gasteiger partial charge in [-0.2, -0.15) is 0 Å². The van der Waals surface area contributed by atoms with Gasteiger partial charge in [0.1, 0.15) is 5.69 Å². The second-order valence-electron chi connectivity index (χ2n) is 5.71. The molecule has 1 amide bonds. The molecular formula is C17H12BrF5N2O. The third kappa shape index (κ3) is 3.27. The standard InChI is InChI=1S/C17H12BrF5N2O/c18-10-3-1-2-9(8-10)17(26)25-6-4-24(5-7-25)16-14(22)12(20)11(19)13(21)15(16)23/h1-3,8H,4-7H2. The second-order valence-corrected chi connectivity index (χ2v) is 6.62. The molecule has 3 rings (SSSR count). The van der Waals surface area contributed by atoms with Gasteiger partial charge in [-0.1, -0.05) is 22.0 Å². The van der Waals surface area contributed by atoms with E-state index >= 15 is 0 Å². The summed E-state index contributed by atoms with van der Waals surface area (Å²) in [5.41, 5.74) is -0.528. The molecule has 1 heterocycles. The van der Waals surface area contributed by atoms with Crippen molar-refractivity contribution in [3.05, 3.63) is 63.4 Å². The van der Waals surface area contributed by atoms with Gasteiger partial charge in [0.05, 0.1) is 0 Å². The highest BCUT2D eigenvalue weighted by molar-refractivity contribution is 9.10. The Bertz CT molecular complexity index is 839. The fourth-order valence-corrected chi connectivity index (χ4v) is 3.21. The number of hydrogen-bond acceptors (Lipinski definition) is 2. The first-order chi connectivity index (χ1) is 12.3. The minimum atomic E-state index is -2.19. The highest BCUT2D eigenvalue weighted by Gasteiger charge is 2.31. The first-order valence-electron chi connectivity index (χ1n) is 7.62. The number of amides is 1. The Morgan fingerprint density at radius 1 is 0.846 bits per heavy atom. The predicted octanol–water partition coefficient (Wildman–Crippen LogP) is 4.11. The summed E-state index contributed by atoms with van der Waals surface area (Å²) in [6.07, 6.45) is 0. The zero-order chi connectivity index (χ0) is 19.0. The number of nitrogens with zero attached hydrogens (tertiary/aromatic N) is 2. The summed E-state index contributed by atoms with van der Waals surface area (Å²) in [6.45, 7) is 0.0614. The van der Waals surface area contributed by atoms with Crippen LogP contribution in [0.15, 0.2) is 28.7 Å². The Morgan fingerprint density at radius 2 is 1.38 bits per heavy atom. The van der Waals surface area contributed by atoms with Crippen molar-refractivity contribution in [3.63, 3.8) is 0 Å². The van der Waals surface area contributed by atoms with Crippen LogP contribution < -0.4 is 4.90 Å². The summed E-state index contributed by atoms with van der Waals surface area (Å²) in [7, 11) is 0. The Hall–Kier alpha value is -2.16. The molecule has 3 nitrogen and oxygen atoms in total. The van der Waals surface area contributed by atoms with E-state index < -0.39 is 34.8 Å². The molecule has 1 aliphatic heterocycles. The lowest BCUT2D eigenvalue weighted by Crippen LogP contribution is -2.49. The Balaban J connectivity index is 1.78. The van der Waals surface area contributed by atoms with Crippen molar-refractivity contribution >= 4 is 27.5 Å². The molecule has 0 saturated carbocycles. The summed E-state index contributed by atoms with van der Waals surface area (Å²) in [6, 6.07) is 6.72. The van der Waals surface area contributed by atoms with Crippen molar-refractivity contribution in [1.29, 1.82) is 0 Å². The van der Waals surface area contributed by atoms with E-state index in [0.717, 1.165) is 9.37 Å².